The third kappa shape index (κ3) is 2.82. The minimum atomic E-state index is -0.824. The minimum absolute atomic E-state index is 0.306. The first-order valence-corrected chi connectivity index (χ1v) is 6.34. The highest BCUT2D eigenvalue weighted by Crippen LogP contribution is 2.27. The summed E-state index contributed by atoms with van der Waals surface area (Å²) in [4.78, 5) is 27.0. The van der Waals surface area contributed by atoms with Crippen LogP contribution in [-0.2, 0) is 14.3 Å². The smallest absolute Gasteiger partial charge is 0.333 e. The molecule has 3 N–H and O–H groups in total. The molecule has 1 heterocycles. The molecular formula is C12H13N3O3S. The van der Waals surface area contributed by atoms with Crippen LogP contribution in [0.1, 0.15) is 18.5 Å². The van der Waals surface area contributed by atoms with E-state index in [-0.39, 0.29) is 5.91 Å². The van der Waals surface area contributed by atoms with Crippen molar-refractivity contribution in [3.8, 4) is 0 Å². The van der Waals surface area contributed by atoms with Crippen LogP contribution in [0.5, 0.6) is 0 Å². The molecule has 0 saturated carbocycles. The van der Waals surface area contributed by atoms with E-state index in [9.17, 15) is 9.59 Å². The number of carbonyl (C=O) groups is 2. The zero-order valence-electron chi connectivity index (χ0n) is 10.5. The predicted molar refractivity (Wildman–Crippen MR) is 72.6 cm³/mol. The fraction of sp³-hybridized carbons (Fsp3) is 0.250. The van der Waals surface area contributed by atoms with Gasteiger partial charge in [0.2, 0.25) is 5.91 Å². The second kappa shape index (κ2) is 5.23. The first-order valence-electron chi connectivity index (χ1n) is 5.52. The number of fused-ring (bicyclic) bond motifs is 1. The van der Waals surface area contributed by atoms with Gasteiger partial charge in [-0.2, -0.15) is 0 Å². The number of aromatic nitrogens is 1. The van der Waals surface area contributed by atoms with E-state index in [2.05, 4.69) is 10.3 Å². The van der Waals surface area contributed by atoms with Gasteiger partial charge in [-0.3, -0.25) is 4.79 Å². The molecule has 0 aliphatic heterocycles. The molecule has 1 amide bonds. The van der Waals surface area contributed by atoms with Gasteiger partial charge in [0.25, 0.3) is 0 Å². The largest absolute Gasteiger partial charge is 0.467 e. The highest BCUT2D eigenvalue weighted by molar-refractivity contribution is 7.22. The number of nitrogens with one attached hydrogen (secondary N) is 1. The first-order chi connectivity index (χ1) is 9.01. The second-order valence-corrected chi connectivity index (χ2v) is 5.00. The van der Waals surface area contributed by atoms with Crippen molar-refractivity contribution in [1.82, 2.24) is 10.3 Å². The molecule has 0 saturated heterocycles. The Morgan fingerprint density at radius 3 is 2.84 bits per heavy atom. The Labute approximate surface area is 113 Å². The number of amides is 1. The molecule has 2 aromatic rings. The number of anilines is 1. The average molecular weight is 279 g/mol. The number of hydrogen-bond acceptors (Lipinski definition) is 6. The molecule has 2 rings (SSSR count). The van der Waals surface area contributed by atoms with Crippen molar-refractivity contribution in [1.29, 1.82) is 0 Å². The number of carbonyl (C=O) groups excluding carboxylic acids is 2. The summed E-state index contributed by atoms with van der Waals surface area (Å²) in [6.07, 6.45) is 0. The Balaban J connectivity index is 2.42. The number of esters is 1. The zero-order valence-corrected chi connectivity index (χ0v) is 11.3. The maximum absolute atomic E-state index is 11.7. The molecule has 7 heteroatoms. The number of ether oxygens (including phenoxy) is 1. The molecular weight excluding hydrogens is 266 g/mol. The van der Waals surface area contributed by atoms with Crippen molar-refractivity contribution >= 4 is 38.6 Å². The number of rotatable bonds is 3. The lowest BCUT2D eigenvalue weighted by Gasteiger charge is -2.15. The Kier molecular flexibility index (Phi) is 3.66. The van der Waals surface area contributed by atoms with Crippen LogP contribution in [0.4, 0.5) is 5.13 Å². The maximum atomic E-state index is 11.7. The lowest BCUT2D eigenvalue weighted by molar-refractivity contribution is -0.145. The van der Waals surface area contributed by atoms with E-state index < -0.39 is 12.0 Å². The summed E-state index contributed by atoms with van der Waals surface area (Å²) in [5.41, 5.74) is 7.03. The van der Waals surface area contributed by atoms with Crippen molar-refractivity contribution in [3.63, 3.8) is 0 Å². The van der Waals surface area contributed by atoms with E-state index in [0.717, 1.165) is 10.2 Å². The third-order valence-electron chi connectivity index (χ3n) is 2.55. The van der Waals surface area contributed by atoms with E-state index >= 15 is 0 Å². The highest BCUT2D eigenvalue weighted by atomic mass is 32.1. The summed E-state index contributed by atoms with van der Waals surface area (Å²) in [7, 11) is 1.28. The van der Waals surface area contributed by atoms with E-state index in [1.165, 1.54) is 25.4 Å². The van der Waals surface area contributed by atoms with Gasteiger partial charge >= 0.3 is 5.97 Å². The van der Waals surface area contributed by atoms with Crippen LogP contribution in [0.2, 0.25) is 0 Å². The Hall–Kier alpha value is -2.15. The molecule has 0 bridgehead atoms. The monoisotopic (exact) mass is 279 g/mol. The number of thiazole rings is 1. The molecule has 100 valence electrons. The van der Waals surface area contributed by atoms with Gasteiger partial charge in [0.05, 0.1) is 17.3 Å². The van der Waals surface area contributed by atoms with Crippen molar-refractivity contribution in [2.75, 3.05) is 12.8 Å². The molecule has 6 nitrogen and oxygen atoms in total. The fourth-order valence-electron chi connectivity index (χ4n) is 1.74. The Morgan fingerprint density at radius 1 is 1.47 bits per heavy atom. The van der Waals surface area contributed by atoms with Crippen LogP contribution in [0, 0.1) is 0 Å². The SMILES string of the molecule is COC(=O)[C@H](NC(C)=O)c1ccc2nc(N)sc2c1. The van der Waals surface area contributed by atoms with Gasteiger partial charge in [-0.25, -0.2) is 9.78 Å². The standard InChI is InChI=1S/C12H13N3O3S/c1-6(16)14-10(11(17)18-2)7-3-4-8-9(5-7)19-12(13)15-8/h3-5,10H,1-2H3,(H2,13,15)(H,14,16)/t10-/m1/s1. The number of nitrogens with zero attached hydrogens (tertiary/aromatic N) is 1. The van der Waals surface area contributed by atoms with Crippen molar-refractivity contribution in [2.45, 2.75) is 13.0 Å². The highest BCUT2D eigenvalue weighted by Gasteiger charge is 2.22. The van der Waals surface area contributed by atoms with Gasteiger partial charge in [0, 0.05) is 6.92 Å². The molecule has 0 aliphatic rings. The number of benzene rings is 1. The number of nitrogens with two attached hydrogens (primary N) is 1. The van der Waals surface area contributed by atoms with Gasteiger partial charge in [-0.05, 0) is 17.7 Å². The normalized spacial score (nSPS) is 12.1. The zero-order chi connectivity index (χ0) is 14.0. The van der Waals surface area contributed by atoms with Gasteiger partial charge in [0.1, 0.15) is 0 Å². The Morgan fingerprint density at radius 2 is 2.21 bits per heavy atom. The van der Waals surface area contributed by atoms with Crippen LogP contribution in [-0.4, -0.2) is 24.0 Å². The van der Waals surface area contributed by atoms with Crippen LogP contribution in [0.15, 0.2) is 18.2 Å². The van der Waals surface area contributed by atoms with Crippen molar-refractivity contribution < 1.29 is 14.3 Å². The summed E-state index contributed by atoms with van der Waals surface area (Å²) in [5, 5.41) is 3.02. The van der Waals surface area contributed by atoms with Crippen molar-refractivity contribution in [2.24, 2.45) is 0 Å². The molecule has 0 aliphatic carbocycles. The van der Waals surface area contributed by atoms with Crippen LogP contribution in [0.25, 0.3) is 10.2 Å². The van der Waals surface area contributed by atoms with Gasteiger partial charge in [0.15, 0.2) is 11.2 Å². The summed E-state index contributed by atoms with van der Waals surface area (Å²) < 4.78 is 5.55. The molecule has 1 aromatic heterocycles. The third-order valence-corrected chi connectivity index (χ3v) is 3.39. The van der Waals surface area contributed by atoms with E-state index in [1.54, 1.807) is 18.2 Å². The molecule has 1 atom stereocenters. The number of hydrogen-bond donors (Lipinski definition) is 2. The summed E-state index contributed by atoms with van der Waals surface area (Å²) in [6.45, 7) is 1.35. The molecule has 1 aromatic carbocycles. The molecule has 0 spiro atoms. The van der Waals surface area contributed by atoms with E-state index in [4.69, 9.17) is 10.5 Å². The van der Waals surface area contributed by atoms with Crippen LogP contribution >= 0.6 is 11.3 Å². The van der Waals surface area contributed by atoms with Gasteiger partial charge in [-0.15, -0.1) is 0 Å². The lowest BCUT2D eigenvalue weighted by Crippen LogP contribution is -2.32. The second-order valence-electron chi connectivity index (χ2n) is 3.94. The van der Waals surface area contributed by atoms with Gasteiger partial charge < -0.3 is 15.8 Å². The topological polar surface area (TPSA) is 94.3 Å². The quantitative estimate of drug-likeness (QED) is 0.824. The van der Waals surface area contributed by atoms with Gasteiger partial charge in [-0.1, -0.05) is 17.4 Å². The summed E-state index contributed by atoms with van der Waals surface area (Å²) in [6, 6.07) is 4.44. The summed E-state index contributed by atoms with van der Waals surface area (Å²) >= 11 is 1.32. The number of nitrogen functional groups attached to an aromatic ring is 1. The molecule has 19 heavy (non-hydrogen) atoms. The summed E-state index contributed by atoms with van der Waals surface area (Å²) in [5.74, 6) is -0.827. The first kappa shape index (κ1) is 13.3. The molecule has 0 radical (unpaired) electrons. The van der Waals surface area contributed by atoms with Crippen molar-refractivity contribution in [3.05, 3.63) is 23.8 Å². The number of methoxy groups -OCH3 is 1. The molecule has 0 fully saturated rings. The molecule has 0 unspecified atom stereocenters. The van der Waals surface area contributed by atoms with Crippen LogP contribution < -0.4 is 11.1 Å². The van der Waals surface area contributed by atoms with E-state index in [0.29, 0.717) is 10.7 Å². The minimum Gasteiger partial charge on any atom is -0.467 e. The fourth-order valence-corrected chi connectivity index (χ4v) is 2.52. The maximum Gasteiger partial charge on any atom is 0.333 e. The predicted octanol–water partition coefficient (Wildman–Crippen LogP) is 1.23. The average Bonchev–Trinajstić information content (AvgIpc) is 2.73. The van der Waals surface area contributed by atoms with Crippen LogP contribution in [0.3, 0.4) is 0 Å². The lowest BCUT2D eigenvalue weighted by atomic mass is 10.1. The Bertz CT molecular complexity index is 638. The van der Waals surface area contributed by atoms with E-state index in [1.807, 2.05) is 0 Å².